The molecule has 0 saturated carbocycles. The maximum Gasteiger partial charge on any atom is 0.301 e. The quantitative estimate of drug-likeness (QED) is 0.197. The fraction of sp³-hybridized carbons (Fsp3) is 0.115. The number of aryl methyl sites for hydroxylation is 1. The molecular weight excluding hydrogens is 516 g/mol. The summed E-state index contributed by atoms with van der Waals surface area (Å²) in [5, 5.41) is 11.7. The van der Waals surface area contributed by atoms with Crippen molar-refractivity contribution in [1.29, 1.82) is 0 Å². The zero-order chi connectivity index (χ0) is 24.0. The number of thiazole rings is 1. The molecule has 1 N–H and O–H groups in total. The number of anilines is 1. The van der Waals surface area contributed by atoms with Gasteiger partial charge in [0.2, 0.25) is 0 Å². The highest BCUT2D eigenvalue weighted by atomic mass is 79.9. The minimum atomic E-state index is -0.832. The predicted molar refractivity (Wildman–Crippen MR) is 136 cm³/mol. The summed E-state index contributed by atoms with van der Waals surface area (Å²) in [5.74, 6) is -1.22. The minimum Gasteiger partial charge on any atom is -0.507 e. The van der Waals surface area contributed by atoms with Gasteiger partial charge in [-0.2, -0.15) is 0 Å². The zero-order valence-corrected chi connectivity index (χ0v) is 20.7. The molecule has 3 aromatic carbocycles. The van der Waals surface area contributed by atoms with Crippen LogP contribution in [0, 0.1) is 6.92 Å². The van der Waals surface area contributed by atoms with Gasteiger partial charge in [-0.15, -0.1) is 0 Å². The molecule has 0 radical (unpaired) electrons. The van der Waals surface area contributed by atoms with Crippen LogP contribution in [0.25, 0.3) is 16.0 Å². The first-order chi connectivity index (χ1) is 16.4. The molecule has 1 aliphatic rings. The van der Waals surface area contributed by atoms with Crippen LogP contribution in [-0.4, -0.2) is 28.9 Å². The van der Waals surface area contributed by atoms with Gasteiger partial charge in [0.25, 0.3) is 5.78 Å². The Morgan fingerprint density at radius 2 is 1.85 bits per heavy atom. The smallest absolute Gasteiger partial charge is 0.301 e. The van der Waals surface area contributed by atoms with Crippen LogP contribution in [-0.2, 0) is 9.59 Å². The molecule has 0 unspecified atom stereocenters. The number of aliphatic hydroxyl groups excluding tert-OH is 1. The van der Waals surface area contributed by atoms with E-state index in [1.807, 2.05) is 49.4 Å². The van der Waals surface area contributed by atoms with E-state index < -0.39 is 17.7 Å². The molecule has 6 nitrogen and oxygen atoms in total. The van der Waals surface area contributed by atoms with E-state index in [0.717, 1.165) is 20.3 Å². The highest BCUT2D eigenvalue weighted by Gasteiger charge is 2.48. The molecule has 0 bridgehead atoms. The number of ether oxygens (including phenoxy) is 1. The van der Waals surface area contributed by atoms with Gasteiger partial charge in [-0.3, -0.25) is 14.5 Å². The summed E-state index contributed by atoms with van der Waals surface area (Å²) in [5.41, 5.74) is 2.90. The highest BCUT2D eigenvalue weighted by molar-refractivity contribution is 9.10. The molecule has 5 rings (SSSR count). The summed E-state index contributed by atoms with van der Waals surface area (Å²) in [4.78, 5) is 32.7. The molecule has 4 aromatic rings. The highest BCUT2D eigenvalue weighted by Crippen LogP contribution is 2.44. The van der Waals surface area contributed by atoms with Gasteiger partial charge in [-0.05, 0) is 54.4 Å². The lowest BCUT2D eigenvalue weighted by molar-refractivity contribution is -0.132. The summed E-state index contributed by atoms with van der Waals surface area (Å²) < 4.78 is 7.04. The molecule has 1 aliphatic heterocycles. The standard InChI is InChI=1S/C26H19BrN2O4S/c1-14-6-11-19-20(12-14)34-26(28-19)29-22(15-7-9-17(27)10-8-15)21(24(31)25(29)32)23(30)16-4-3-5-18(13-16)33-2/h3-13,22,30H,1-2H3/b23-21+/t22-/m0/s1. The van der Waals surface area contributed by atoms with E-state index in [1.165, 1.54) is 23.3 Å². The number of hydrogen-bond donors (Lipinski definition) is 1. The van der Waals surface area contributed by atoms with Crippen LogP contribution in [0.5, 0.6) is 5.75 Å². The number of benzene rings is 3. The molecule has 1 fully saturated rings. The number of aromatic nitrogens is 1. The molecule has 0 spiro atoms. The van der Waals surface area contributed by atoms with Crippen molar-refractivity contribution in [2.24, 2.45) is 0 Å². The van der Waals surface area contributed by atoms with Gasteiger partial charge in [0.05, 0.1) is 28.9 Å². The van der Waals surface area contributed by atoms with Crippen LogP contribution < -0.4 is 9.64 Å². The molecule has 1 aromatic heterocycles. The van der Waals surface area contributed by atoms with E-state index in [9.17, 15) is 14.7 Å². The van der Waals surface area contributed by atoms with Crippen LogP contribution in [0.4, 0.5) is 5.13 Å². The van der Waals surface area contributed by atoms with Gasteiger partial charge in [-0.25, -0.2) is 4.98 Å². The molecule has 2 heterocycles. The number of carbonyl (C=O) groups is 2. The van der Waals surface area contributed by atoms with Crippen LogP contribution >= 0.6 is 27.3 Å². The van der Waals surface area contributed by atoms with Gasteiger partial charge < -0.3 is 9.84 Å². The van der Waals surface area contributed by atoms with Crippen molar-refractivity contribution in [3.8, 4) is 5.75 Å². The normalized spacial score (nSPS) is 17.5. The minimum absolute atomic E-state index is 0.0102. The van der Waals surface area contributed by atoms with Gasteiger partial charge in [0, 0.05) is 10.0 Å². The van der Waals surface area contributed by atoms with Crippen LogP contribution in [0.1, 0.15) is 22.7 Å². The summed E-state index contributed by atoms with van der Waals surface area (Å²) in [7, 11) is 1.52. The third-order valence-corrected chi connectivity index (χ3v) is 7.26. The lowest BCUT2D eigenvalue weighted by Crippen LogP contribution is -2.29. The maximum absolute atomic E-state index is 13.3. The second-order valence-electron chi connectivity index (χ2n) is 7.92. The van der Waals surface area contributed by atoms with Gasteiger partial charge in [0.1, 0.15) is 11.5 Å². The zero-order valence-electron chi connectivity index (χ0n) is 18.3. The van der Waals surface area contributed by atoms with Crippen LogP contribution in [0.3, 0.4) is 0 Å². The Kier molecular flexibility index (Phi) is 5.71. The fourth-order valence-corrected chi connectivity index (χ4v) is 5.39. The summed E-state index contributed by atoms with van der Waals surface area (Å²) in [6, 6.07) is 19.1. The van der Waals surface area contributed by atoms with Gasteiger partial charge in [0.15, 0.2) is 5.13 Å². The van der Waals surface area contributed by atoms with Gasteiger partial charge in [-0.1, -0.05) is 57.6 Å². The van der Waals surface area contributed by atoms with E-state index in [2.05, 4.69) is 20.9 Å². The Morgan fingerprint density at radius 1 is 1.09 bits per heavy atom. The molecule has 8 heteroatoms. The maximum atomic E-state index is 13.3. The Balaban J connectivity index is 1.73. The largest absolute Gasteiger partial charge is 0.507 e. The predicted octanol–water partition coefficient (Wildman–Crippen LogP) is 6.00. The third-order valence-electron chi connectivity index (χ3n) is 5.71. The number of methoxy groups -OCH3 is 1. The Bertz CT molecular complexity index is 1480. The average molecular weight is 535 g/mol. The van der Waals surface area contributed by atoms with Crippen LogP contribution in [0.2, 0.25) is 0 Å². The Morgan fingerprint density at radius 3 is 2.59 bits per heavy atom. The number of carbonyl (C=O) groups excluding carboxylic acids is 2. The summed E-state index contributed by atoms with van der Waals surface area (Å²) in [6.07, 6.45) is 0. The topological polar surface area (TPSA) is 79.7 Å². The Hall–Kier alpha value is -3.49. The first-order valence-electron chi connectivity index (χ1n) is 10.5. The molecule has 1 atom stereocenters. The van der Waals surface area contributed by atoms with E-state index in [1.54, 1.807) is 24.3 Å². The van der Waals surface area contributed by atoms with Gasteiger partial charge >= 0.3 is 5.91 Å². The lowest BCUT2D eigenvalue weighted by Gasteiger charge is -2.23. The SMILES string of the molecule is COc1cccc(/C(O)=C2\C(=O)C(=O)N(c3nc4ccc(C)cc4s3)[C@H]2c2ccc(Br)cc2)c1. The van der Waals surface area contributed by atoms with E-state index in [-0.39, 0.29) is 11.3 Å². The van der Waals surface area contributed by atoms with Crippen molar-refractivity contribution < 1.29 is 19.4 Å². The molecular formula is C26H19BrN2O4S. The average Bonchev–Trinajstić information content (AvgIpc) is 3.37. The lowest BCUT2D eigenvalue weighted by atomic mass is 9.95. The van der Waals surface area contributed by atoms with E-state index >= 15 is 0 Å². The first kappa shape index (κ1) is 22.3. The number of hydrogen-bond acceptors (Lipinski definition) is 6. The number of halogens is 1. The number of nitrogens with zero attached hydrogens (tertiary/aromatic N) is 2. The third kappa shape index (κ3) is 3.78. The second kappa shape index (κ2) is 8.70. The van der Waals surface area contributed by atoms with E-state index in [4.69, 9.17) is 4.74 Å². The number of rotatable bonds is 4. The van der Waals surface area contributed by atoms with Crippen LogP contribution in [0.15, 0.2) is 76.8 Å². The number of aliphatic hydroxyl groups is 1. The Labute approximate surface area is 208 Å². The van der Waals surface area contributed by atoms with Crippen molar-refractivity contribution in [1.82, 2.24) is 4.98 Å². The van der Waals surface area contributed by atoms with Crippen molar-refractivity contribution >= 4 is 60.1 Å². The molecule has 1 amide bonds. The first-order valence-corrected chi connectivity index (χ1v) is 12.1. The van der Waals surface area contributed by atoms with E-state index in [0.29, 0.717) is 22.0 Å². The molecule has 170 valence electrons. The number of fused-ring (bicyclic) bond motifs is 1. The fourth-order valence-electron chi connectivity index (χ4n) is 4.04. The monoisotopic (exact) mass is 534 g/mol. The summed E-state index contributed by atoms with van der Waals surface area (Å²) in [6.45, 7) is 1.99. The summed E-state index contributed by atoms with van der Waals surface area (Å²) >= 11 is 4.77. The number of amides is 1. The molecule has 1 saturated heterocycles. The van der Waals surface area contributed by atoms with Crippen molar-refractivity contribution in [2.75, 3.05) is 12.0 Å². The number of Topliss-reactive ketones (excluding diaryl/α,β-unsaturated/α-hetero) is 1. The second-order valence-corrected chi connectivity index (χ2v) is 9.84. The number of ketones is 1. The van der Waals surface area contributed by atoms with Crippen molar-refractivity contribution in [2.45, 2.75) is 13.0 Å². The van der Waals surface area contributed by atoms with Crippen molar-refractivity contribution in [3.05, 3.63) is 93.5 Å². The molecule has 0 aliphatic carbocycles. The molecule has 34 heavy (non-hydrogen) atoms. The van der Waals surface area contributed by atoms with Crippen molar-refractivity contribution in [3.63, 3.8) is 0 Å².